The summed E-state index contributed by atoms with van der Waals surface area (Å²) in [5.41, 5.74) is 1.18. The van der Waals surface area contributed by atoms with Gasteiger partial charge in [0.1, 0.15) is 11.5 Å². The van der Waals surface area contributed by atoms with Gasteiger partial charge in [-0.15, -0.1) is 11.8 Å². The minimum Gasteiger partial charge on any atom is -0.493 e. The third kappa shape index (κ3) is 5.95. The molecule has 0 unspecified atom stereocenters. The first-order valence-corrected chi connectivity index (χ1v) is 7.96. The molecule has 4 nitrogen and oxygen atoms in total. The molecular weight excluding hydrogens is 286 g/mol. The molecular formula is C16H19NO3S. The van der Waals surface area contributed by atoms with Crippen molar-refractivity contribution in [1.82, 2.24) is 5.32 Å². The molecule has 0 aliphatic rings. The minimum atomic E-state index is 0.00644. The van der Waals surface area contributed by atoms with E-state index in [4.69, 9.17) is 9.15 Å². The third-order valence-corrected chi connectivity index (χ3v) is 3.68. The van der Waals surface area contributed by atoms with Crippen LogP contribution in [0.4, 0.5) is 0 Å². The lowest BCUT2D eigenvalue weighted by molar-refractivity contribution is -0.118. The number of benzene rings is 1. The molecule has 0 saturated heterocycles. The molecule has 0 fully saturated rings. The number of hydrogen-bond acceptors (Lipinski definition) is 4. The average molecular weight is 305 g/mol. The van der Waals surface area contributed by atoms with Gasteiger partial charge in [0.15, 0.2) is 0 Å². The van der Waals surface area contributed by atoms with Crippen LogP contribution in [0.3, 0.4) is 0 Å². The molecule has 0 atom stereocenters. The second-order valence-corrected chi connectivity index (χ2v) is 5.68. The molecule has 1 heterocycles. The van der Waals surface area contributed by atoms with Crippen LogP contribution >= 0.6 is 11.8 Å². The summed E-state index contributed by atoms with van der Waals surface area (Å²) in [4.78, 5) is 11.6. The van der Waals surface area contributed by atoms with Gasteiger partial charge in [0.05, 0.1) is 25.2 Å². The van der Waals surface area contributed by atoms with Crippen LogP contribution in [-0.2, 0) is 11.3 Å². The molecule has 2 aromatic rings. The van der Waals surface area contributed by atoms with Gasteiger partial charge in [-0.2, -0.15) is 0 Å². The zero-order valence-corrected chi connectivity index (χ0v) is 12.8. The van der Waals surface area contributed by atoms with Gasteiger partial charge >= 0.3 is 0 Å². The molecule has 1 N–H and O–H groups in total. The Balaban J connectivity index is 1.54. The zero-order chi connectivity index (χ0) is 14.9. The summed E-state index contributed by atoms with van der Waals surface area (Å²) in [5, 5.41) is 2.81. The number of carbonyl (C=O) groups is 1. The fraction of sp³-hybridized carbons (Fsp3) is 0.312. The molecule has 1 aromatic heterocycles. The number of carbonyl (C=O) groups excluding carboxylic acids is 1. The number of amides is 1. The topological polar surface area (TPSA) is 51.5 Å². The summed E-state index contributed by atoms with van der Waals surface area (Å²) in [6.07, 6.45) is 1.60. The van der Waals surface area contributed by atoms with Gasteiger partial charge in [-0.3, -0.25) is 4.79 Å². The van der Waals surface area contributed by atoms with Gasteiger partial charge < -0.3 is 14.5 Å². The standard InChI is InChI=1S/C16H19NO3S/c1-13-4-2-5-14(10-13)20-8-9-21-12-16(18)17-11-15-6-3-7-19-15/h2-7,10H,8-9,11-12H2,1H3,(H,17,18). The number of ether oxygens (including phenoxy) is 1. The minimum absolute atomic E-state index is 0.00644. The summed E-state index contributed by atoms with van der Waals surface area (Å²) >= 11 is 1.55. The van der Waals surface area contributed by atoms with Crippen LogP contribution < -0.4 is 10.1 Å². The lowest BCUT2D eigenvalue weighted by Gasteiger charge is -2.07. The number of aryl methyl sites for hydroxylation is 1. The summed E-state index contributed by atoms with van der Waals surface area (Å²) < 4.78 is 10.8. The maximum atomic E-state index is 11.6. The molecule has 0 spiro atoms. The second-order valence-electron chi connectivity index (χ2n) is 4.57. The van der Waals surface area contributed by atoms with E-state index in [0.717, 1.165) is 17.3 Å². The number of furan rings is 1. The molecule has 0 saturated carbocycles. The van der Waals surface area contributed by atoms with Crippen molar-refractivity contribution in [3.63, 3.8) is 0 Å². The van der Waals surface area contributed by atoms with E-state index in [1.807, 2.05) is 37.3 Å². The second kappa shape index (κ2) is 8.42. The average Bonchev–Trinajstić information content (AvgIpc) is 2.98. The Morgan fingerprint density at radius 2 is 2.24 bits per heavy atom. The molecule has 0 aliphatic carbocycles. The van der Waals surface area contributed by atoms with E-state index in [1.165, 1.54) is 5.56 Å². The Morgan fingerprint density at radius 3 is 3.00 bits per heavy atom. The highest BCUT2D eigenvalue weighted by molar-refractivity contribution is 7.99. The van der Waals surface area contributed by atoms with Crippen molar-refractivity contribution in [3.8, 4) is 5.75 Å². The first-order valence-electron chi connectivity index (χ1n) is 6.80. The van der Waals surface area contributed by atoms with Crippen molar-refractivity contribution >= 4 is 17.7 Å². The first kappa shape index (κ1) is 15.5. The Kier molecular flexibility index (Phi) is 6.22. The highest BCUT2D eigenvalue weighted by Gasteiger charge is 2.03. The van der Waals surface area contributed by atoms with E-state index in [2.05, 4.69) is 5.32 Å². The van der Waals surface area contributed by atoms with Crippen molar-refractivity contribution in [2.75, 3.05) is 18.1 Å². The number of thioether (sulfide) groups is 1. The van der Waals surface area contributed by atoms with Crippen LogP contribution in [-0.4, -0.2) is 24.0 Å². The van der Waals surface area contributed by atoms with Gasteiger partial charge in [-0.1, -0.05) is 12.1 Å². The van der Waals surface area contributed by atoms with Crippen LogP contribution in [0.2, 0.25) is 0 Å². The third-order valence-electron chi connectivity index (χ3n) is 2.76. The van der Waals surface area contributed by atoms with Crippen molar-refractivity contribution in [3.05, 3.63) is 54.0 Å². The van der Waals surface area contributed by atoms with Crippen molar-refractivity contribution in [2.45, 2.75) is 13.5 Å². The van der Waals surface area contributed by atoms with Crippen LogP contribution in [0.1, 0.15) is 11.3 Å². The maximum absolute atomic E-state index is 11.6. The van der Waals surface area contributed by atoms with E-state index in [9.17, 15) is 4.79 Å². The van der Waals surface area contributed by atoms with Crippen molar-refractivity contribution < 1.29 is 13.9 Å². The molecule has 2 rings (SSSR count). The van der Waals surface area contributed by atoms with Crippen LogP contribution in [0.25, 0.3) is 0 Å². The maximum Gasteiger partial charge on any atom is 0.230 e. The SMILES string of the molecule is Cc1cccc(OCCSCC(=O)NCc2ccco2)c1. The van der Waals surface area contributed by atoms with Gasteiger partial charge in [0.25, 0.3) is 0 Å². The Bertz CT molecular complexity index is 554. The fourth-order valence-corrected chi connectivity index (χ4v) is 2.37. The zero-order valence-electron chi connectivity index (χ0n) is 12.0. The molecule has 21 heavy (non-hydrogen) atoms. The van der Waals surface area contributed by atoms with E-state index in [0.29, 0.717) is 18.9 Å². The highest BCUT2D eigenvalue weighted by atomic mass is 32.2. The molecule has 5 heteroatoms. The fourth-order valence-electron chi connectivity index (χ4n) is 1.74. The molecule has 0 aliphatic heterocycles. The van der Waals surface area contributed by atoms with Gasteiger partial charge in [0.2, 0.25) is 5.91 Å². The largest absolute Gasteiger partial charge is 0.493 e. The van der Waals surface area contributed by atoms with Gasteiger partial charge in [-0.25, -0.2) is 0 Å². The van der Waals surface area contributed by atoms with Crippen molar-refractivity contribution in [2.24, 2.45) is 0 Å². The Morgan fingerprint density at radius 1 is 1.33 bits per heavy atom. The number of nitrogens with one attached hydrogen (secondary N) is 1. The smallest absolute Gasteiger partial charge is 0.230 e. The molecule has 1 aromatic carbocycles. The Hall–Kier alpha value is -1.88. The highest BCUT2D eigenvalue weighted by Crippen LogP contribution is 2.12. The lowest BCUT2D eigenvalue weighted by Crippen LogP contribution is -2.24. The molecule has 1 amide bonds. The Labute approximate surface area is 128 Å². The quantitative estimate of drug-likeness (QED) is 0.762. The predicted octanol–water partition coefficient (Wildman–Crippen LogP) is 3.02. The summed E-state index contributed by atoms with van der Waals surface area (Å²) in [6, 6.07) is 11.6. The summed E-state index contributed by atoms with van der Waals surface area (Å²) in [6.45, 7) is 3.07. The van der Waals surface area contributed by atoms with Crippen molar-refractivity contribution in [1.29, 1.82) is 0 Å². The number of hydrogen-bond donors (Lipinski definition) is 1. The number of rotatable bonds is 8. The summed E-state index contributed by atoms with van der Waals surface area (Å²) in [7, 11) is 0. The van der Waals surface area contributed by atoms with Crippen LogP contribution in [0.5, 0.6) is 5.75 Å². The van der Waals surface area contributed by atoms with E-state index in [-0.39, 0.29) is 5.91 Å². The molecule has 0 radical (unpaired) electrons. The molecule has 0 bridgehead atoms. The van der Waals surface area contributed by atoms with Crippen LogP contribution in [0, 0.1) is 6.92 Å². The van der Waals surface area contributed by atoms with Crippen LogP contribution in [0.15, 0.2) is 47.1 Å². The van der Waals surface area contributed by atoms with Gasteiger partial charge in [-0.05, 0) is 36.8 Å². The molecule has 112 valence electrons. The van der Waals surface area contributed by atoms with Gasteiger partial charge in [0, 0.05) is 5.75 Å². The monoisotopic (exact) mass is 305 g/mol. The first-order chi connectivity index (χ1) is 10.2. The normalized spacial score (nSPS) is 10.3. The predicted molar refractivity (Wildman–Crippen MR) is 84.6 cm³/mol. The van der Waals surface area contributed by atoms with E-state index >= 15 is 0 Å². The lowest BCUT2D eigenvalue weighted by atomic mass is 10.2. The van der Waals surface area contributed by atoms with E-state index < -0.39 is 0 Å². The summed E-state index contributed by atoms with van der Waals surface area (Å²) in [5.74, 6) is 2.85. The van der Waals surface area contributed by atoms with E-state index in [1.54, 1.807) is 24.1 Å².